The molecule has 8 nitrogen and oxygen atoms in total. The van der Waals surface area contributed by atoms with E-state index >= 15 is 0 Å². The Bertz CT molecular complexity index is 1060. The number of nitrogens with one attached hydrogen (secondary N) is 1. The van der Waals surface area contributed by atoms with Gasteiger partial charge in [0.25, 0.3) is 5.56 Å². The zero-order chi connectivity index (χ0) is 18.8. The van der Waals surface area contributed by atoms with Gasteiger partial charge in [0, 0.05) is 25.0 Å². The van der Waals surface area contributed by atoms with Gasteiger partial charge in [0.1, 0.15) is 18.3 Å². The van der Waals surface area contributed by atoms with Crippen molar-refractivity contribution in [2.75, 3.05) is 11.9 Å². The van der Waals surface area contributed by atoms with Gasteiger partial charge >= 0.3 is 11.7 Å². The van der Waals surface area contributed by atoms with E-state index in [1.165, 1.54) is 18.7 Å². The number of halogens is 1. The average molecular weight is 378 g/mol. The summed E-state index contributed by atoms with van der Waals surface area (Å²) in [4.78, 5) is 37.7. The predicted molar refractivity (Wildman–Crippen MR) is 93.2 cm³/mol. The number of esters is 1. The summed E-state index contributed by atoms with van der Waals surface area (Å²) in [6.45, 7) is -0.291. The molecule has 1 fully saturated rings. The fourth-order valence-corrected chi connectivity index (χ4v) is 4.07. The Morgan fingerprint density at radius 1 is 1.23 bits per heavy atom. The number of carbonyl (C=O) groups excluding carboxylic acids is 1. The molecule has 0 amide bonds. The van der Waals surface area contributed by atoms with Crippen LogP contribution in [0.2, 0.25) is 5.02 Å². The maximum absolute atomic E-state index is 12.9. The van der Waals surface area contributed by atoms with Gasteiger partial charge in [-0.15, -0.1) is 0 Å². The number of ether oxygens (including phenoxy) is 1. The molecule has 0 spiro atoms. The second kappa shape index (κ2) is 5.46. The summed E-state index contributed by atoms with van der Waals surface area (Å²) >= 11 is 6.34. The number of benzene rings is 1. The number of hydrogen-bond donors (Lipinski definition) is 2. The van der Waals surface area contributed by atoms with Crippen molar-refractivity contribution in [3.05, 3.63) is 61.3 Å². The highest BCUT2D eigenvalue weighted by molar-refractivity contribution is 6.31. The molecular formula is C17H16ClN3O5. The van der Waals surface area contributed by atoms with Crippen molar-refractivity contribution >= 4 is 23.4 Å². The number of rotatable bonds is 1. The molecule has 4 rings (SSSR count). The molecule has 3 unspecified atom stereocenters. The number of cyclic esters (lactones) is 1. The lowest BCUT2D eigenvalue weighted by Gasteiger charge is -2.40. The zero-order valence-electron chi connectivity index (χ0n) is 14.0. The molecule has 2 aliphatic heterocycles. The highest BCUT2D eigenvalue weighted by Gasteiger charge is 2.59. The fourth-order valence-electron chi connectivity index (χ4n) is 3.82. The van der Waals surface area contributed by atoms with E-state index in [1.54, 1.807) is 24.3 Å². The van der Waals surface area contributed by atoms with Gasteiger partial charge in [-0.2, -0.15) is 0 Å². The summed E-state index contributed by atoms with van der Waals surface area (Å²) in [5, 5.41) is 14.1. The molecule has 2 aromatic rings. The molecule has 9 heteroatoms. The molecule has 26 heavy (non-hydrogen) atoms. The lowest BCUT2D eigenvalue weighted by Crippen LogP contribution is -2.56. The Labute approximate surface area is 152 Å². The second-order valence-electron chi connectivity index (χ2n) is 6.60. The molecule has 0 radical (unpaired) electrons. The summed E-state index contributed by atoms with van der Waals surface area (Å²) in [7, 11) is 2.85. The first kappa shape index (κ1) is 16.9. The summed E-state index contributed by atoms with van der Waals surface area (Å²) in [6.07, 6.45) is 0. The molecule has 136 valence electrons. The zero-order valence-corrected chi connectivity index (χ0v) is 14.8. The van der Waals surface area contributed by atoms with Crippen LogP contribution in [0.4, 0.5) is 5.82 Å². The maximum Gasteiger partial charge on any atom is 0.332 e. The molecule has 1 aromatic carbocycles. The van der Waals surface area contributed by atoms with Gasteiger partial charge in [0.15, 0.2) is 5.72 Å². The molecular weight excluding hydrogens is 362 g/mol. The van der Waals surface area contributed by atoms with Gasteiger partial charge in [-0.25, -0.2) is 4.79 Å². The summed E-state index contributed by atoms with van der Waals surface area (Å²) in [6, 6.07) is 6.80. The third kappa shape index (κ3) is 2.09. The van der Waals surface area contributed by atoms with Gasteiger partial charge in [-0.05, 0) is 11.6 Å². The van der Waals surface area contributed by atoms with Crippen molar-refractivity contribution in [3.63, 3.8) is 0 Å². The summed E-state index contributed by atoms with van der Waals surface area (Å²) in [5.41, 5.74) is -2.15. The van der Waals surface area contributed by atoms with Gasteiger partial charge in [-0.1, -0.05) is 29.8 Å². The SMILES string of the molecule is Cn1c2c(c(=O)n(C)c1=O)C(c1ccccc1Cl)C1C(=O)OCC1(O)N2. The van der Waals surface area contributed by atoms with Gasteiger partial charge in [0.05, 0.1) is 5.56 Å². The van der Waals surface area contributed by atoms with E-state index in [0.29, 0.717) is 10.6 Å². The van der Waals surface area contributed by atoms with Crippen molar-refractivity contribution in [1.82, 2.24) is 9.13 Å². The van der Waals surface area contributed by atoms with Gasteiger partial charge in [0.2, 0.25) is 0 Å². The monoisotopic (exact) mass is 377 g/mol. The Morgan fingerprint density at radius 2 is 1.92 bits per heavy atom. The Kier molecular flexibility index (Phi) is 3.54. The van der Waals surface area contributed by atoms with Crippen LogP contribution in [0.1, 0.15) is 17.0 Å². The Morgan fingerprint density at radius 3 is 2.62 bits per heavy atom. The Hall–Kier alpha value is -2.58. The number of carbonyl (C=O) groups is 1. The number of aromatic nitrogens is 2. The smallest absolute Gasteiger partial charge is 0.332 e. The molecule has 2 N–H and O–H groups in total. The largest absolute Gasteiger partial charge is 0.460 e. The first-order valence-electron chi connectivity index (χ1n) is 7.98. The molecule has 1 saturated heterocycles. The standard InChI is InChI=1S/C17H16ClN3O5/c1-20-13-11(14(22)21(2)16(20)24)10(8-5-3-4-6-9(8)18)12-15(23)26-7-17(12,25)19-13/h3-6,10,12,19,25H,7H2,1-2H3. The van der Waals surface area contributed by atoms with Crippen molar-refractivity contribution in [2.24, 2.45) is 20.0 Å². The van der Waals surface area contributed by atoms with Crippen LogP contribution in [0.5, 0.6) is 0 Å². The lowest BCUT2D eigenvalue weighted by atomic mass is 9.74. The van der Waals surface area contributed by atoms with Crippen LogP contribution in [-0.2, 0) is 23.6 Å². The minimum absolute atomic E-state index is 0.153. The molecule has 0 bridgehead atoms. The van der Waals surface area contributed by atoms with Crippen LogP contribution in [0.25, 0.3) is 0 Å². The topological polar surface area (TPSA) is 103 Å². The van der Waals surface area contributed by atoms with E-state index in [9.17, 15) is 19.5 Å². The van der Waals surface area contributed by atoms with E-state index in [2.05, 4.69) is 5.32 Å². The molecule has 3 atom stereocenters. The summed E-state index contributed by atoms with van der Waals surface area (Å²) < 4.78 is 7.28. The van der Waals surface area contributed by atoms with Crippen LogP contribution >= 0.6 is 11.6 Å². The maximum atomic E-state index is 12.9. The highest BCUT2D eigenvalue weighted by Crippen LogP contribution is 2.48. The Balaban J connectivity index is 2.12. The number of aliphatic hydroxyl groups is 1. The minimum Gasteiger partial charge on any atom is -0.460 e. The number of hydrogen-bond acceptors (Lipinski definition) is 6. The third-order valence-electron chi connectivity index (χ3n) is 5.12. The summed E-state index contributed by atoms with van der Waals surface area (Å²) in [5.74, 6) is -2.41. The van der Waals surface area contributed by atoms with Crippen LogP contribution in [0.3, 0.4) is 0 Å². The molecule has 3 heterocycles. The average Bonchev–Trinajstić information content (AvgIpc) is 2.92. The van der Waals surface area contributed by atoms with Crippen molar-refractivity contribution < 1.29 is 14.6 Å². The van der Waals surface area contributed by atoms with Crippen molar-refractivity contribution in [2.45, 2.75) is 11.6 Å². The molecule has 0 saturated carbocycles. The van der Waals surface area contributed by atoms with E-state index in [4.69, 9.17) is 16.3 Å². The van der Waals surface area contributed by atoms with E-state index in [1.807, 2.05) is 0 Å². The fraction of sp³-hybridized carbons (Fsp3) is 0.353. The van der Waals surface area contributed by atoms with Gasteiger partial charge < -0.3 is 15.2 Å². The van der Waals surface area contributed by atoms with Crippen LogP contribution in [0.15, 0.2) is 33.9 Å². The minimum atomic E-state index is -1.75. The van der Waals surface area contributed by atoms with Crippen LogP contribution in [-0.4, -0.2) is 32.5 Å². The number of fused-ring (bicyclic) bond motifs is 2. The van der Waals surface area contributed by atoms with E-state index in [0.717, 1.165) is 4.57 Å². The lowest BCUT2D eigenvalue weighted by molar-refractivity contribution is -0.141. The first-order valence-corrected chi connectivity index (χ1v) is 8.35. The van der Waals surface area contributed by atoms with Crippen molar-refractivity contribution in [1.29, 1.82) is 0 Å². The quantitative estimate of drug-likeness (QED) is 0.686. The predicted octanol–water partition coefficient (Wildman–Crippen LogP) is 0.156. The molecule has 0 aliphatic carbocycles. The van der Waals surface area contributed by atoms with Crippen LogP contribution in [0, 0.1) is 5.92 Å². The van der Waals surface area contributed by atoms with E-state index in [-0.39, 0.29) is 18.0 Å². The number of nitrogens with zero attached hydrogens (tertiary/aromatic N) is 2. The molecule has 1 aromatic heterocycles. The third-order valence-corrected chi connectivity index (χ3v) is 5.47. The van der Waals surface area contributed by atoms with Crippen molar-refractivity contribution in [3.8, 4) is 0 Å². The van der Waals surface area contributed by atoms with Gasteiger partial charge in [-0.3, -0.25) is 18.7 Å². The number of anilines is 1. The normalized spacial score (nSPS) is 26.7. The van der Waals surface area contributed by atoms with E-state index < -0.39 is 34.8 Å². The first-order chi connectivity index (χ1) is 12.3. The second-order valence-corrected chi connectivity index (χ2v) is 7.01. The highest BCUT2D eigenvalue weighted by atomic mass is 35.5. The van der Waals surface area contributed by atoms with Crippen LogP contribution < -0.4 is 16.6 Å². The molecule has 2 aliphatic rings.